The Morgan fingerprint density at radius 2 is 1.68 bits per heavy atom. The third-order valence-corrected chi connectivity index (χ3v) is 6.87. The second-order valence-electron chi connectivity index (χ2n) is 9.21. The molecule has 0 saturated heterocycles. The first-order chi connectivity index (χ1) is 16.4. The van der Waals surface area contributed by atoms with Crippen molar-refractivity contribution in [2.24, 2.45) is 0 Å². The molecule has 0 bridgehead atoms. The lowest BCUT2D eigenvalue weighted by Gasteiger charge is -2.29. The first-order valence-electron chi connectivity index (χ1n) is 11.9. The largest absolute Gasteiger partial charge is 0.375 e. The van der Waals surface area contributed by atoms with E-state index in [0.717, 1.165) is 48.9 Å². The van der Waals surface area contributed by atoms with Crippen LogP contribution in [0, 0.1) is 0 Å². The van der Waals surface area contributed by atoms with Gasteiger partial charge >= 0.3 is 0 Å². The molecule has 2 aromatic carbocycles. The van der Waals surface area contributed by atoms with E-state index in [1.54, 1.807) is 12.1 Å². The van der Waals surface area contributed by atoms with E-state index in [2.05, 4.69) is 24.5 Å². The average molecular weight is 480 g/mol. The Kier molecular flexibility index (Phi) is 7.37. The number of halogens is 1. The molecule has 0 radical (unpaired) electrons. The molecule has 4 rings (SSSR count). The number of para-hydroxylation sites is 1. The molecule has 0 aromatic heterocycles. The van der Waals surface area contributed by atoms with Crippen LogP contribution in [0.25, 0.3) is 0 Å². The number of rotatable bonds is 7. The van der Waals surface area contributed by atoms with Gasteiger partial charge in [0.25, 0.3) is 17.7 Å². The molecule has 1 saturated carbocycles. The smallest absolute Gasteiger partial charge is 0.278 e. The summed E-state index contributed by atoms with van der Waals surface area (Å²) >= 11 is 6.23. The summed E-state index contributed by atoms with van der Waals surface area (Å²) < 4.78 is 0. The van der Waals surface area contributed by atoms with Crippen molar-refractivity contribution in [2.45, 2.75) is 64.5 Å². The lowest BCUT2D eigenvalue weighted by molar-refractivity contribution is -0.140. The third kappa shape index (κ3) is 5.02. The Morgan fingerprint density at radius 3 is 2.35 bits per heavy atom. The van der Waals surface area contributed by atoms with E-state index in [4.69, 9.17) is 11.6 Å². The van der Waals surface area contributed by atoms with E-state index in [-0.39, 0.29) is 28.6 Å². The number of anilines is 1. The second kappa shape index (κ2) is 10.4. The molecule has 7 heteroatoms. The summed E-state index contributed by atoms with van der Waals surface area (Å²) in [5, 5.41) is 5.98. The van der Waals surface area contributed by atoms with Gasteiger partial charge in [0.15, 0.2) is 0 Å². The van der Waals surface area contributed by atoms with Crippen molar-refractivity contribution < 1.29 is 14.4 Å². The first kappa shape index (κ1) is 24.0. The number of nitrogens with zero attached hydrogens (tertiary/aromatic N) is 1. The van der Waals surface area contributed by atoms with Crippen LogP contribution in [-0.4, -0.2) is 28.7 Å². The van der Waals surface area contributed by atoms with Crippen LogP contribution in [0.2, 0.25) is 0 Å². The Labute approximate surface area is 205 Å². The van der Waals surface area contributed by atoms with Gasteiger partial charge in [0.05, 0.1) is 0 Å². The molecule has 0 spiro atoms. The minimum absolute atomic E-state index is 0.0459. The van der Waals surface area contributed by atoms with E-state index in [1.807, 2.05) is 36.4 Å². The SMILES string of the molecule is CC(C)c1ccccc1NC(=O)c1ccc(CNC2=C(Cl)C(=O)N(C3CCCCC3)C2=O)cc1. The number of nitrogens with one attached hydrogen (secondary N) is 2. The molecule has 2 aliphatic rings. The molecular formula is C27H30ClN3O3. The third-order valence-electron chi connectivity index (χ3n) is 6.51. The van der Waals surface area contributed by atoms with Crippen LogP contribution in [0.15, 0.2) is 59.3 Å². The molecule has 178 valence electrons. The summed E-state index contributed by atoms with van der Waals surface area (Å²) in [4.78, 5) is 39.6. The summed E-state index contributed by atoms with van der Waals surface area (Å²) in [6.07, 6.45) is 4.84. The van der Waals surface area contributed by atoms with Crippen molar-refractivity contribution in [3.63, 3.8) is 0 Å². The quantitative estimate of drug-likeness (QED) is 0.528. The Bertz CT molecular complexity index is 1120. The summed E-state index contributed by atoms with van der Waals surface area (Å²) in [6, 6.07) is 14.9. The molecular weight excluding hydrogens is 450 g/mol. The predicted octanol–water partition coefficient (Wildman–Crippen LogP) is 5.30. The van der Waals surface area contributed by atoms with Gasteiger partial charge in [0, 0.05) is 23.8 Å². The van der Waals surface area contributed by atoms with Gasteiger partial charge in [-0.25, -0.2) is 0 Å². The summed E-state index contributed by atoms with van der Waals surface area (Å²) in [5.41, 5.74) is 3.45. The monoisotopic (exact) mass is 479 g/mol. The number of hydrogen-bond acceptors (Lipinski definition) is 4. The van der Waals surface area contributed by atoms with Gasteiger partial charge in [-0.15, -0.1) is 0 Å². The van der Waals surface area contributed by atoms with Gasteiger partial charge < -0.3 is 10.6 Å². The van der Waals surface area contributed by atoms with E-state index < -0.39 is 5.91 Å². The molecule has 1 heterocycles. The van der Waals surface area contributed by atoms with Crippen molar-refractivity contribution >= 4 is 35.0 Å². The van der Waals surface area contributed by atoms with Crippen LogP contribution < -0.4 is 10.6 Å². The highest BCUT2D eigenvalue weighted by Crippen LogP contribution is 2.31. The molecule has 0 unspecified atom stereocenters. The maximum atomic E-state index is 12.9. The zero-order valence-electron chi connectivity index (χ0n) is 19.6. The van der Waals surface area contributed by atoms with E-state index in [1.165, 1.54) is 4.90 Å². The predicted molar refractivity (Wildman–Crippen MR) is 133 cm³/mol. The zero-order chi connectivity index (χ0) is 24.2. The highest BCUT2D eigenvalue weighted by Gasteiger charge is 2.41. The van der Waals surface area contributed by atoms with Crippen LogP contribution in [-0.2, 0) is 16.1 Å². The number of benzene rings is 2. The fourth-order valence-corrected chi connectivity index (χ4v) is 4.86. The Hall–Kier alpha value is -3.12. The van der Waals surface area contributed by atoms with Crippen LogP contribution in [0.1, 0.15) is 73.4 Å². The fourth-order valence-electron chi connectivity index (χ4n) is 4.62. The van der Waals surface area contributed by atoms with E-state index in [0.29, 0.717) is 18.0 Å². The Balaban J connectivity index is 1.38. The standard InChI is InChI=1S/C27H30ClN3O3/c1-17(2)21-10-6-7-11-22(21)30-25(32)19-14-12-18(13-15-19)16-29-24-23(28)26(33)31(27(24)34)20-8-4-3-5-9-20/h6-7,10-15,17,20,29H,3-5,8-9,16H2,1-2H3,(H,30,32). The number of amides is 3. The number of imide groups is 1. The summed E-state index contributed by atoms with van der Waals surface area (Å²) in [6.45, 7) is 4.50. The van der Waals surface area contributed by atoms with E-state index >= 15 is 0 Å². The maximum absolute atomic E-state index is 12.9. The highest BCUT2D eigenvalue weighted by molar-refractivity contribution is 6.47. The van der Waals surface area contributed by atoms with Gasteiger partial charge in [-0.2, -0.15) is 0 Å². The fraction of sp³-hybridized carbons (Fsp3) is 0.370. The lowest BCUT2D eigenvalue weighted by Crippen LogP contribution is -2.43. The Morgan fingerprint density at radius 1 is 1.00 bits per heavy atom. The number of hydrogen-bond donors (Lipinski definition) is 2. The van der Waals surface area contributed by atoms with Crippen LogP contribution in [0.4, 0.5) is 5.69 Å². The van der Waals surface area contributed by atoms with Gasteiger partial charge in [-0.05, 0) is 48.1 Å². The summed E-state index contributed by atoms with van der Waals surface area (Å²) in [5.74, 6) is -0.639. The average Bonchev–Trinajstić information content (AvgIpc) is 3.06. The van der Waals surface area contributed by atoms with Gasteiger partial charge in [0.2, 0.25) is 0 Å². The molecule has 3 amide bonds. The van der Waals surface area contributed by atoms with Crippen LogP contribution in [0.3, 0.4) is 0 Å². The number of carbonyl (C=O) groups excluding carboxylic acids is 3. The number of carbonyl (C=O) groups is 3. The lowest BCUT2D eigenvalue weighted by atomic mass is 9.94. The van der Waals surface area contributed by atoms with Crippen molar-refractivity contribution in [2.75, 3.05) is 5.32 Å². The second-order valence-corrected chi connectivity index (χ2v) is 9.59. The van der Waals surface area contributed by atoms with Crippen molar-refractivity contribution in [1.82, 2.24) is 10.2 Å². The van der Waals surface area contributed by atoms with E-state index in [9.17, 15) is 14.4 Å². The molecule has 34 heavy (non-hydrogen) atoms. The molecule has 1 fully saturated rings. The van der Waals surface area contributed by atoms with Crippen molar-refractivity contribution in [3.05, 3.63) is 76.0 Å². The molecule has 0 atom stereocenters. The minimum atomic E-state index is -0.408. The van der Waals surface area contributed by atoms with Gasteiger partial charge in [-0.1, -0.05) is 75.0 Å². The normalized spacial score (nSPS) is 17.0. The van der Waals surface area contributed by atoms with Gasteiger partial charge in [-0.3, -0.25) is 19.3 Å². The molecule has 1 aliphatic heterocycles. The van der Waals surface area contributed by atoms with Gasteiger partial charge in [0.1, 0.15) is 10.7 Å². The molecule has 6 nitrogen and oxygen atoms in total. The first-order valence-corrected chi connectivity index (χ1v) is 12.3. The van der Waals surface area contributed by atoms with Crippen molar-refractivity contribution in [3.8, 4) is 0 Å². The van der Waals surface area contributed by atoms with Crippen LogP contribution in [0.5, 0.6) is 0 Å². The minimum Gasteiger partial charge on any atom is -0.375 e. The molecule has 2 N–H and O–H groups in total. The summed E-state index contributed by atoms with van der Waals surface area (Å²) in [7, 11) is 0. The highest BCUT2D eigenvalue weighted by atomic mass is 35.5. The zero-order valence-corrected chi connectivity index (χ0v) is 20.3. The van der Waals surface area contributed by atoms with Crippen molar-refractivity contribution in [1.29, 1.82) is 0 Å². The topological polar surface area (TPSA) is 78.5 Å². The van der Waals surface area contributed by atoms with Crippen LogP contribution >= 0.6 is 11.6 Å². The molecule has 2 aromatic rings. The molecule has 1 aliphatic carbocycles. The maximum Gasteiger partial charge on any atom is 0.278 e.